The molecule has 0 bridgehead atoms. The highest BCUT2D eigenvalue weighted by atomic mass is 32.1. The van der Waals surface area contributed by atoms with Gasteiger partial charge in [0.2, 0.25) is 0 Å². The fraction of sp³-hybridized carbons (Fsp3) is 0.571. The van der Waals surface area contributed by atoms with Crippen LogP contribution in [0.3, 0.4) is 0 Å². The monoisotopic (exact) mass is 403 g/mol. The van der Waals surface area contributed by atoms with Gasteiger partial charge in [-0.15, -0.1) is 11.3 Å². The number of piperidine rings is 1. The molecule has 28 heavy (non-hydrogen) atoms. The van der Waals surface area contributed by atoms with E-state index in [1.807, 2.05) is 43.9 Å². The van der Waals surface area contributed by atoms with Gasteiger partial charge in [-0.3, -0.25) is 9.59 Å². The zero-order valence-corrected chi connectivity index (χ0v) is 17.8. The number of hydrogen-bond donors (Lipinski definition) is 2. The second-order valence-corrected chi connectivity index (χ2v) is 8.94. The van der Waals surface area contributed by atoms with Crippen molar-refractivity contribution < 1.29 is 14.5 Å². The van der Waals surface area contributed by atoms with Crippen LogP contribution in [0.5, 0.6) is 0 Å². The lowest BCUT2D eigenvalue weighted by Gasteiger charge is -2.32. The van der Waals surface area contributed by atoms with Crippen molar-refractivity contribution in [3.8, 4) is 0 Å². The van der Waals surface area contributed by atoms with Crippen LogP contribution in [-0.2, 0) is 9.59 Å². The van der Waals surface area contributed by atoms with E-state index in [4.69, 9.17) is 4.98 Å². The molecular weight excluding hydrogens is 372 g/mol. The zero-order chi connectivity index (χ0) is 20.1. The molecule has 0 spiro atoms. The second-order valence-electron chi connectivity index (χ2n) is 7.88. The Morgan fingerprint density at radius 1 is 1.32 bits per heavy atom. The molecule has 152 valence electrons. The first-order valence-electron chi connectivity index (χ1n) is 10.2. The summed E-state index contributed by atoms with van der Waals surface area (Å²) in [5.41, 5.74) is 1.05. The van der Waals surface area contributed by atoms with Crippen LogP contribution in [0.1, 0.15) is 44.5 Å². The summed E-state index contributed by atoms with van der Waals surface area (Å²) in [6, 6.07) is 8.33. The zero-order valence-electron chi connectivity index (χ0n) is 17.0. The molecule has 2 amide bonds. The predicted molar refractivity (Wildman–Crippen MR) is 113 cm³/mol. The van der Waals surface area contributed by atoms with Crippen molar-refractivity contribution in [1.82, 2.24) is 15.2 Å². The van der Waals surface area contributed by atoms with Crippen LogP contribution >= 0.6 is 11.3 Å². The van der Waals surface area contributed by atoms with Crippen molar-refractivity contribution in [1.29, 1.82) is 0 Å². The quantitative estimate of drug-likeness (QED) is 0.735. The van der Waals surface area contributed by atoms with Crippen LogP contribution in [0.4, 0.5) is 0 Å². The highest BCUT2D eigenvalue weighted by Gasteiger charge is 2.29. The summed E-state index contributed by atoms with van der Waals surface area (Å²) in [5.74, 6) is 0.454. The predicted octanol–water partition coefficient (Wildman–Crippen LogP) is 1.43. The van der Waals surface area contributed by atoms with Gasteiger partial charge < -0.3 is 15.1 Å². The third kappa shape index (κ3) is 5.29. The van der Waals surface area contributed by atoms with Gasteiger partial charge in [0.1, 0.15) is 0 Å². The van der Waals surface area contributed by atoms with Crippen molar-refractivity contribution in [3.63, 3.8) is 0 Å². The van der Waals surface area contributed by atoms with Gasteiger partial charge in [-0.05, 0) is 45.7 Å². The average molecular weight is 404 g/mol. The van der Waals surface area contributed by atoms with Crippen molar-refractivity contribution in [2.45, 2.75) is 45.6 Å². The van der Waals surface area contributed by atoms with E-state index in [9.17, 15) is 9.59 Å². The molecule has 2 N–H and O–H groups in total. The van der Waals surface area contributed by atoms with E-state index in [0.29, 0.717) is 19.0 Å². The Kier molecular flexibility index (Phi) is 7.02. The van der Waals surface area contributed by atoms with E-state index in [0.717, 1.165) is 47.9 Å². The van der Waals surface area contributed by atoms with Crippen molar-refractivity contribution in [3.05, 3.63) is 29.3 Å². The maximum atomic E-state index is 12.9. The summed E-state index contributed by atoms with van der Waals surface area (Å²) in [6.45, 7) is 8.92. The van der Waals surface area contributed by atoms with E-state index >= 15 is 0 Å². The van der Waals surface area contributed by atoms with Gasteiger partial charge >= 0.3 is 0 Å². The highest BCUT2D eigenvalue weighted by Crippen LogP contribution is 2.32. The molecule has 2 heterocycles. The van der Waals surface area contributed by atoms with Crippen molar-refractivity contribution >= 4 is 33.4 Å². The number of fused-ring (bicyclic) bond motifs is 1. The number of quaternary nitrogens is 1. The lowest BCUT2D eigenvalue weighted by molar-refractivity contribution is -0.882. The summed E-state index contributed by atoms with van der Waals surface area (Å²) < 4.78 is 1.21. The number of hydrogen-bond acceptors (Lipinski definition) is 4. The molecule has 1 aromatic carbocycles. The van der Waals surface area contributed by atoms with Gasteiger partial charge in [-0.25, -0.2) is 4.98 Å². The number of nitrogens with zero attached hydrogens (tertiary/aromatic N) is 2. The van der Waals surface area contributed by atoms with Crippen molar-refractivity contribution in [2.75, 3.05) is 32.7 Å². The Balaban J connectivity index is 1.59. The van der Waals surface area contributed by atoms with Crippen LogP contribution in [-0.4, -0.2) is 60.5 Å². The standard InChI is InChI=1S/C21H30N4O2S/c1-4-24(13-19(26)22-15(2)3)14-20(27)25-11-7-8-16(12-25)21-23-17-9-5-6-10-18(17)28-21/h5-6,9-10,15-16H,4,7-8,11-14H2,1-3H3,(H,22,26)/p+1/t16-/m1/s1. The Bertz CT molecular complexity index is 787. The van der Waals surface area contributed by atoms with Gasteiger partial charge in [0.15, 0.2) is 13.1 Å². The molecule has 1 saturated heterocycles. The number of aromatic nitrogens is 1. The maximum Gasteiger partial charge on any atom is 0.277 e. The number of amides is 2. The summed E-state index contributed by atoms with van der Waals surface area (Å²) in [5, 5.41) is 4.04. The smallest absolute Gasteiger partial charge is 0.277 e. The SMILES string of the molecule is CC[NH+](CC(=O)NC(C)C)CC(=O)N1CCC[C@@H](c2nc3ccccc3s2)C1. The van der Waals surface area contributed by atoms with Crippen LogP contribution in [0.25, 0.3) is 10.2 Å². The van der Waals surface area contributed by atoms with Gasteiger partial charge in [-0.1, -0.05) is 12.1 Å². The Hall–Kier alpha value is -1.99. The van der Waals surface area contributed by atoms with Crippen LogP contribution in [0.15, 0.2) is 24.3 Å². The minimum Gasteiger partial charge on any atom is -0.349 e. The van der Waals surface area contributed by atoms with Crippen LogP contribution < -0.4 is 10.2 Å². The lowest BCUT2D eigenvalue weighted by atomic mass is 9.98. The lowest BCUT2D eigenvalue weighted by Crippen LogP contribution is -3.14. The van der Waals surface area contributed by atoms with Gasteiger partial charge in [0.05, 0.1) is 21.8 Å². The number of nitrogens with one attached hydrogen (secondary N) is 2. The summed E-state index contributed by atoms with van der Waals surface area (Å²) in [6.07, 6.45) is 2.08. The molecular formula is C21H31N4O2S+. The summed E-state index contributed by atoms with van der Waals surface area (Å²) in [7, 11) is 0. The van der Waals surface area contributed by atoms with E-state index in [-0.39, 0.29) is 17.9 Å². The largest absolute Gasteiger partial charge is 0.349 e. The third-order valence-electron chi connectivity index (χ3n) is 5.20. The minimum atomic E-state index is 0.00523. The third-order valence-corrected chi connectivity index (χ3v) is 6.39. The summed E-state index contributed by atoms with van der Waals surface area (Å²) in [4.78, 5) is 32.7. The second kappa shape index (κ2) is 9.47. The molecule has 1 aliphatic rings. The number of benzene rings is 1. The fourth-order valence-corrected chi connectivity index (χ4v) is 4.80. The number of likely N-dealkylation sites (tertiary alicyclic amines) is 1. The number of carbonyl (C=O) groups excluding carboxylic acids is 2. The number of likely N-dealkylation sites (N-methyl/N-ethyl adjacent to an activating group) is 1. The molecule has 2 atom stereocenters. The highest BCUT2D eigenvalue weighted by molar-refractivity contribution is 7.18. The van der Waals surface area contributed by atoms with E-state index < -0.39 is 0 Å². The topological polar surface area (TPSA) is 66.7 Å². The first-order chi connectivity index (χ1) is 13.5. The Labute approximate surface area is 170 Å². The fourth-order valence-electron chi connectivity index (χ4n) is 3.71. The molecule has 1 fully saturated rings. The number of para-hydroxylation sites is 1. The molecule has 6 nitrogen and oxygen atoms in total. The van der Waals surface area contributed by atoms with E-state index in [1.165, 1.54) is 4.70 Å². The number of thiazole rings is 1. The minimum absolute atomic E-state index is 0.00523. The van der Waals surface area contributed by atoms with E-state index in [2.05, 4.69) is 11.4 Å². The molecule has 7 heteroatoms. The molecule has 1 aliphatic heterocycles. The van der Waals surface area contributed by atoms with Gasteiger partial charge in [0.25, 0.3) is 11.8 Å². The molecule has 3 rings (SSSR count). The van der Waals surface area contributed by atoms with Crippen molar-refractivity contribution in [2.24, 2.45) is 0 Å². The average Bonchev–Trinajstić information content (AvgIpc) is 3.11. The molecule has 2 aromatic rings. The maximum absolute atomic E-state index is 12.9. The summed E-state index contributed by atoms with van der Waals surface area (Å²) >= 11 is 1.74. The normalized spacial score (nSPS) is 18.4. The van der Waals surface area contributed by atoms with Crippen LogP contribution in [0.2, 0.25) is 0 Å². The number of rotatable bonds is 7. The molecule has 0 aliphatic carbocycles. The molecule has 0 radical (unpaired) electrons. The van der Waals surface area contributed by atoms with E-state index in [1.54, 1.807) is 11.3 Å². The molecule has 1 aromatic heterocycles. The molecule has 1 unspecified atom stereocenters. The first-order valence-corrected chi connectivity index (χ1v) is 11.0. The van der Waals surface area contributed by atoms with Crippen LogP contribution in [0, 0.1) is 0 Å². The first kappa shape index (κ1) is 20.7. The molecule has 0 saturated carbocycles. The van der Waals surface area contributed by atoms with Gasteiger partial charge in [-0.2, -0.15) is 0 Å². The Morgan fingerprint density at radius 3 is 2.82 bits per heavy atom. The Morgan fingerprint density at radius 2 is 2.11 bits per heavy atom. The number of carbonyl (C=O) groups is 2. The van der Waals surface area contributed by atoms with Gasteiger partial charge in [0, 0.05) is 25.0 Å².